The molecule has 1 N–H and O–H groups in total. The van der Waals surface area contributed by atoms with Gasteiger partial charge in [0.05, 0.1) is 12.6 Å². The summed E-state index contributed by atoms with van der Waals surface area (Å²) in [5.41, 5.74) is 4.38. The van der Waals surface area contributed by atoms with Crippen LogP contribution in [0.3, 0.4) is 0 Å². The summed E-state index contributed by atoms with van der Waals surface area (Å²) in [6, 6.07) is 21.8. The van der Waals surface area contributed by atoms with Crippen molar-refractivity contribution in [1.29, 1.82) is 0 Å². The molecule has 3 aromatic carbocycles. The maximum atomic E-state index is 13.7. The van der Waals surface area contributed by atoms with Gasteiger partial charge in [-0.25, -0.2) is 4.79 Å². The van der Waals surface area contributed by atoms with Crippen LogP contribution in [-0.2, 0) is 14.3 Å². The lowest BCUT2D eigenvalue weighted by molar-refractivity contribution is -0.157. The van der Waals surface area contributed by atoms with Crippen molar-refractivity contribution in [2.75, 3.05) is 19.3 Å². The lowest BCUT2D eigenvalue weighted by Crippen LogP contribution is -2.54. The van der Waals surface area contributed by atoms with E-state index in [0.29, 0.717) is 11.5 Å². The zero-order valence-electron chi connectivity index (χ0n) is 20.1. The van der Waals surface area contributed by atoms with Gasteiger partial charge in [0.1, 0.15) is 11.9 Å². The highest BCUT2D eigenvalue weighted by Gasteiger charge is 2.50. The second-order valence-corrected chi connectivity index (χ2v) is 9.30. The molecule has 2 aliphatic heterocycles. The smallest absolute Gasteiger partial charge is 0.329 e. The van der Waals surface area contributed by atoms with Crippen LogP contribution in [-0.4, -0.2) is 47.1 Å². The number of carbonyl (C=O) groups is 2. The molecular weight excluding hydrogens is 492 g/mol. The summed E-state index contributed by atoms with van der Waals surface area (Å²) in [6.07, 6.45) is 0. The van der Waals surface area contributed by atoms with Crippen LogP contribution in [0.25, 0.3) is 10.9 Å². The minimum atomic E-state index is -0.935. The largest absolute Gasteiger partial charge is 0.464 e. The number of ether oxygens (including phenoxy) is 3. The van der Waals surface area contributed by atoms with Crippen LogP contribution in [0.15, 0.2) is 72.8 Å². The number of amides is 1. The van der Waals surface area contributed by atoms with Crippen molar-refractivity contribution in [1.82, 2.24) is 9.88 Å². The number of esters is 1. The monoisotopic (exact) mass is 516 g/mol. The molecule has 188 valence electrons. The third-order valence-corrected chi connectivity index (χ3v) is 7.28. The van der Waals surface area contributed by atoms with Crippen LogP contribution < -0.4 is 9.47 Å². The number of rotatable bonds is 5. The van der Waals surface area contributed by atoms with Crippen molar-refractivity contribution in [3.05, 3.63) is 95.2 Å². The minimum absolute atomic E-state index is 0.132. The van der Waals surface area contributed by atoms with E-state index in [1.165, 1.54) is 0 Å². The van der Waals surface area contributed by atoms with Crippen molar-refractivity contribution >= 4 is 34.4 Å². The standard InChI is InChI=1S/C29H25ClN2O5/c1-2-35-29(34)28-24(17-8-4-3-5-9-17)25-19-10-6-7-11-20(19)31-26(25)27(32(28)23(33)15-30)18-12-13-21-22(14-18)37-16-36-21/h3-14,24,27-28,31H,2,15-16H2,1H3/t24-,27+,28+/m0/s1. The number of aromatic amines is 1. The molecule has 8 heteroatoms. The van der Waals surface area contributed by atoms with Crippen LogP contribution in [0.2, 0.25) is 0 Å². The maximum Gasteiger partial charge on any atom is 0.329 e. The summed E-state index contributed by atoms with van der Waals surface area (Å²) in [5.74, 6) is -0.372. The number of hydrogen-bond acceptors (Lipinski definition) is 5. The number of alkyl halides is 1. The summed E-state index contributed by atoms with van der Waals surface area (Å²) < 4.78 is 16.8. The highest BCUT2D eigenvalue weighted by Crippen LogP contribution is 2.50. The lowest BCUT2D eigenvalue weighted by atomic mass is 9.76. The Morgan fingerprint density at radius 2 is 1.76 bits per heavy atom. The Morgan fingerprint density at radius 3 is 2.54 bits per heavy atom. The van der Waals surface area contributed by atoms with Crippen molar-refractivity contribution in [2.45, 2.75) is 24.9 Å². The molecule has 0 bridgehead atoms. The Balaban J connectivity index is 1.67. The number of nitrogens with one attached hydrogen (secondary N) is 1. The Kier molecular flexibility index (Phi) is 6.00. The van der Waals surface area contributed by atoms with Gasteiger partial charge in [0, 0.05) is 22.5 Å². The van der Waals surface area contributed by atoms with E-state index in [9.17, 15) is 9.59 Å². The number of aromatic nitrogens is 1. The normalized spacial score (nSPS) is 20.1. The molecule has 3 heterocycles. The molecule has 2 aliphatic rings. The molecule has 0 unspecified atom stereocenters. The van der Waals surface area contributed by atoms with E-state index in [1.807, 2.05) is 72.8 Å². The summed E-state index contributed by atoms with van der Waals surface area (Å²) >= 11 is 6.18. The second kappa shape index (κ2) is 9.48. The van der Waals surface area contributed by atoms with E-state index < -0.39 is 24.0 Å². The van der Waals surface area contributed by atoms with Crippen LogP contribution in [0.4, 0.5) is 0 Å². The van der Waals surface area contributed by atoms with Gasteiger partial charge in [-0.15, -0.1) is 11.6 Å². The number of H-pyrrole nitrogens is 1. The van der Waals surface area contributed by atoms with E-state index in [4.69, 9.17) is 25.8 Å². The number of fused-ring (bicyclic) bond motifs is 4. The van der Waals surface area contributed by atoms with Gasteiger partial charge in [-0.3, -0.25) is 4.79 Å². The summed E-state index contributed by atoms with van der Waals surface area (Å²) in [6.45, 7) is 2.08. The molecule has 1 amide bonds. The third kappa shape index (κ3) is 3.81. The molecule has 4 aromatic rings. The van der Waals surface area contributed by atoms with Gasteiger partial charge in [0.2, 0.25) is 12.7 Å². The van der Waals surface area contributed by atoms with Gasteiger partial charge in [0.25, 0.3) is 0 Å². The van der Waals surface area contributed by atoms with E-state index in [2.05, 4.69) is 4.98 Å². The Morgan fingerprint density at radius 1 is 1.00 bits per heavy atom. The maximum absolute atomic E-state index is 13.7. The van der Waals surface area contributed by atoms with Gasteiger partial charge in [-0.2, -0.15) is 0 Å². The Bertz CT molecular complexity index is 1480. The fourth-order valence-electron chi connectivity index (χ4n) is 5.62. The molecular formula is C29H25ClN2O5. The number of para-hydroxylation sites is 1. The SMILES string of the molecule is CCOC(=O)[C@H]1[C@@H](c2ccccc2)c2c([nH]c3ccccc23)[C@@H](c2ccc3c(c2)OCO3)N1C(=O)CCl. The number of nitrogens with zero attached hydrogens (tertiary/aromatic N) is 1. The van der Waals surface area contributed by atoms with E-state index in [0.717, 1.165) is 33.3 Å². The predicted molar refractivity (Wildman–Crippen MR) is 139 cm³/mol. The molecule has 0 spiro atoms. The van der Waals surface area contributed by atoms with Gasteiger partial charge in [-0.1, -0.05) is 54.6 Å². The van der Waals surface area contributed by atoms with Crippen LogP contribution >= 0.6 is 11.6 Å². The first-order valence-electron chi connectivity index (χ1n) is 12.2. The zero-order chi connectivity index (χ0) is 25.5. The molecule has 37 heavy (non-hydrogen) atoms. The van der Waals surface area contributed by atoms with Gasteiger partial charge in [-0.05, 0) is 41.8 Å². The molecule has 0 saturated heterocycles. The first-order chi connectivity index (χ1) is 18.1. The average molecular weight is 517 g/mol. The average Bonchev–Trinajstić information content (AvgIpc) is 3.56. The molecule has 3 atom stereocenters. The molecule has 0 radical (unpaired) electrons. The quantitative estimate of drug-likeness (QED) is 0.294. The first-order valence-corrected chi connectivity index (χ1v) is 12.7. The summed E-state index contributed by atoms with van der Waals surface area (Å²) in [7, 11) is 0. The van der Waals surface area contributed by atoms with Gasteiger partial charge >= 0.3 is 5.97 Å². The van der Waals surface area contributed by atoms with Crippen molar-refractivity contribution in [3.8, 4) is 11.5 Å². The van der Waals surface area contributed by atoms with Crippen LogP contribution in [0.5, 0.6) is 11.5 Å². The van der Waals surface area contributed by atoms with E-state index >= 15 is 0 Å². The van der Waals surface area contributed by atoms with E-state index in [-0.39, 0.29) is 25.2 Å². The Labute approximate surface area is 218 Å². The molecule has 6 rings (SSSR count). The first kappa shape index (κ1) is 23.4. The molecule has 7 nitrogen and oxygen atoms in total. The fourth-order valence-corrected chi connectivity index (χ4v) is 5.76. The highest BCUT2D eigenvalue weighted by molar-refractivity contribution is 6.27. The number of benzene rings is 3. The van der Waals surface area contributed by atoms with Crippen LogP contribution in [0.1, 0.15) is 41.3 Å². The zero-order valence-corrected chi connectivity index (χ0v) is 20.9. The van der Waals surface area contributed by atoms with Crippen molar-refractivity contribution in [3.63, 3.8) is 0 Å². The topological polar surface area (TPSA) is 80.9 Å². The molecule has 0 fully saturated rings. The number of hydrogen-bond donors (Lipinski definition) is 1. The van der Waals surface area contributed by atoms with Crippen molar-refractivity contribution in [2.24, 2.45) is 0 Å². The second-order valence-electron chi connectivity index (χ2n) is 9.03. The van der Waals surface area contributed by atoms with Crippen LogP contribution in [0, 0.1) is 0 Å². The predicted octanol–water partition coefficient (Wildman–Crippen LogP) is 5.13. The fraction of sp³-hybridized carbons (Fsp3) is 0.241. The minimum Gasteiger partial charge on any atom is -0.464 e. The van der Waals surface area contributed by atoms with Crippen molar-refractivity contribution < 1.29 is 23.8 Å². The molecule has 0 aliphatic carbocycles. The molecule has 1 aromatic heterocycles. The highest BCUT2D eigenvalue weighted by atomic mass is 35.5. The lowest BCUT2D eigenvalue weighted by Gasteiger charge is -2.45. The summed E-state index contributed by atoms with van der Waals surface area (Å²) in [4.78, 5) is 32.5. The molecule has 0 saturated carbocycles. The van der Waals surface area contributed by atoms with E-state index in [1.54, 1.807) is 11.8 Å². The number of carbonyl (C=O) groups excluding carboxylic acids is 2. The van der Waals surface area contributed by atoms with Gasteiger partial charge in [0.15, 0.2) is 11.5 Å². The summed E-state index contributed by atoms with van der Waals surface area (Å²) in [5, 5.41) is 0.990. The third-order valence-electron chi connectivity index (χ3n) is 7.06. The van der Waals surface area contributed by atoms with Gasteiger partial charge < -0.3 is 24.1 Å². The number of halogens is 1. The Hall–Kier alpha value is -3.97.